The molecular formula is C26H33ClO2S. The molecule has 4 aliphatic carbocycles. The second-order valence-corrected chi connectivity index (χ2v) is 12.2. The Morgan fingerprint density at radius 2 is 1.87 bits per heavy atom. The van der Waals surface area contributed by atoms with E-state index in [0.717, 1.165) is 42.9 Å². The van der Waals surface area contributed by atoms with Gasteiger partial charge in [-0.15, -0.1) is 11.8 Å². The minimum atomic E-state index is -0.155. The summed E-state index contributed by atoms with van der Waals surface area (Å²) in [4.78, 5) is 14.4. The summed E-state index contributed by atoms with van der Waals surface area (Å²) in [5.74, 6) is 3.36. The third-order valence-electron chi connectivity index (χ3n) is 9.35. The van der Waals surface area contributed by atoms with Crippen LogP contribution < -0.4 is 0 Å². The molecule has 2 nitrogen and oxygen atoms in total. The van der Waals surface area contributed by atoms with E-state index in [1.165, 1.54) is 23.3 Å². The van der Waals surface area contributed by atoms with Crippen molar-refractivity contribution in [2.75, 3.05) is 5.75 Å². The fraction of sp³-hybridized carbons (Fsp3) is 0.654. The van der Waals surface area contributed by atoms with Gasteiger partial charge in [0.2, 0.25) is 0 Å². The van der Waals surface area contributed by atoms with Crippen LogP contribution in [0.25, 0.3) is 0 Å². The average Bonchev–Trinajstić information content (AvgIpc) is 2.98. The maximum Gasteiger partial charge on any atom is 0.137 e. The first kappa shape index (κ1) is 21.1. The van der Waals surface area contributed by atoms with E-state index in [4.69, 9.17) is 11.6 Å². The highest BCUT2D eigenvalue weighted by Gasteiger charge is 2.60. The molecule has 7 atom stereocenters. The second-order valence-electron chi connectivity index (χ2n) is 10.7. The Hall–Kier alpha value is -0.770. The Morgan fingerprint density at radius 1 is 1.10 bits per heavy atom. The van der Waals surface area contributed by atoms with Crippen LogP contribution in [0, 0.1) is 34.5 Å². The summed E-state index contributed by atoms with van der Waals surface area (Å²) < 4.78 is 0. The normalized spacial score (nSPS) is 42.9. The number of allylic oxidation sites excluding steroid dienone is 1. The molecular weight excluding hydrogens is 412 g/mol. The highest BCUT2D eigenvalue weighted by atomic mass is 35.5. The third-order valence-corrected chi connectivity index (χ3v) is 10.7. The van der Waals surface area contributed by atoms with Crippen LogP contribution in [-0.2, 0) is 4.79 Å². The molecule has 0 unspecified atom stereocenters. The highest BCUT2D eigenvalue weighted by Crippen LogP contribution is 2.65. The van der Waals surface area contributed by atoms with E-state index in [2.05, 4.69) is 32.1 Å². The van der Waals surface area contributed by atoms with E-state index in [9.17, 15) is 9.90 Å². The van der Waals surface area contributed by atoms with Crippen LogP contribution in [0.2, 0.25) is 5.02 Å². The van der Waals surface area contributed by atoms with Gasteiger partial charge in [-0.05, 0) is 91.4 Å². The van der Waals surface area contributed by atoms with Crippen LogP contribution in [0.1, 0.15) is 58.8 Å². The Labute approximate surface area is 189 Å². The number of carbonyl (C=O) groups excluding carboxylic acids is 1. The molecule has 1 aromatic rings. The van der Waals surface area contributed by atoms with Gasteiger partial charge in [-0.25, -0.2) is 0 Å². The van der Waals surface area contributed by atoms with Crippen molar-refractivity contribution in [3.8, 4) is 0 Å². The van der Waals surface area contributed by atoms with Gasteiger partial charge in [-0.2, -0.15) is 0 Å². The zero-order valence-corrected chi connectivity index (χ0v) is 19.6. The summed E-state index contributed by atoms with van der Waals surface area (Å²) in [6.07, 6.45) is 9.47. The maximum absolute atomic E-state index is 13.2. The van der Waals surface area contributed by atoms with Crippen LogP contribution in [0.4, 0.5) is 0 Å². The lowest BCUT2D eigenvalue weighted by Gasteiger charge is -2.57. The fourth-order valence-corrected chi connectivity index (χ4v) is 8.91. The van der Waals surface area contributed by atoms with E-state index < -0.39 is 0 Å². The minimum absolute atomic E-state index is 0.132. The van der Waals surface area contributed by atoms with Crippen molar-refractivity contribution in [3.05, 3.63) is 40.9 Å². The summed E-state index contributed by atoms with van der Waals surface area (Å²) >= 11 is 7.84. The van der Waals surface area contributed by atoms with Crippen LogP contribution >= 0.6 is 23.4 Å². The molecule has 0 aliphatic heterocycles. The molecule has 0 bridgehead atoms. The van der Waals surface area contributed by atoms with Gasteiger partial charge >= 0.3 is 0 Å². The molecule has 0 spiro atoms. The molecule has 4 heteroatoms. The predicted octanol–water partition coefficient (Wildman–Crippen LogP) is 6.55. The van der Waals surface area contributed by atoms with Gasteiger partial charge in [0.15, 0.2) is 0 Å². The van der Waals surface area contributed by atoms with Crippen molar-refractivity contribution >= 4 is 29.1 Å². The first-order valence-electron chi connectivity index (χ1n) is 11.6. The number of Topliss-reactive ketones (excluding diaryl/α,β-unsaturated/α-hetero) is 1. The third kappa shape index (κ3) is 3.31. The first-order chi connectivity index (χ1) is 14.3. The summed E-state index contributed by atoms with van der Waals surface area (Å²) in [7, 11) is 0. The van der Waals surface area contributed by atoms with Crippen molar-refractivity contribution in [3.63, 3.8) is 0 Å². The number of carbonyl (C=O) groups is 1. The van der Waals surface area contributed by atoms with Crippen molar-refractivity contribution in [1.29, 1.82) is 0 Å². The van der Waals surface area contributed by atoms with Crippen LogP contribution in [-0.4, -0.2) is 22.7 Å². The van der Waals surface area contributed by atoms with Crippen molar-refractivity contribution in [2.45, 2.75) is 69.8 Å². The standard InChI is InChI=1S/C26H33ClO2S/c1-25-11-9-18(28)13-16(25)3-8-20-21(25)10-12-26(2)22(20)14-24(29)23(26)15-30-19-6-4-17(27)5-7-19/h3-7,18,20-23,28H,8-15H2,1-2H3/t18-,20+,21-,22-,23-,25-,26-/m0/s1. The molecule has 5 rings (SSSR count). The fourth-order valence-electron chi connectivity index (χ4n) is 7.53. The molecule has 0 heterocycles. The zero-order valence-electron chi connectivity index (χ0n) is 18.1. The van der Waals surface area contributed by atoms with Crippen molar-refractivity contribution < 1.29 is 9.90 Å². The van der Waals surface area contributed by atoms with E-state index in [-0.39, 0.29) is 22.9 Å². The van der Waals surface area contributed by atoms with Gasteiger partial charge in [0, 0.05) is 28.0 Å². The highest BCUT2D eigenvalue weighted by molar-refractivity contribution is 7.99. The average molecular weight is 445 g/mol. The Bertz CT molecular complexity index is 864. The Kier molecular flexibility index (Phi) is 5.40. The van der Waals surface area contributed by atoms with Gasteiger partial charge in [0.25, 0.3) is 0 Å². The summed E-state index contributed by atoms with van der Waals surface area (Å²) in [6, 6.07) is 8.00. The molecule has 30 heavy (non-hydrogen) atoms. The molecule has 1 aromatic carbocycles. The van der Waals surface area contributed by atoms with Crippen LogP contribution in [0.15, 0.2) is 40.8 Å². The van der Waals surface area contributed by atoms with Gasteiger partial charge in [-0.1, -0.05) is 37.1 Å². The van der Waals surface area contributed by atoms with Gasteiger partial charge in [0.05, 0.1) is 6.10 Å². The molecule has 0 amide bonds. The number of halogens is 1. The van der Waals surface area contributed by atoms with Gasteiger partial charge in [-0.3, -0.25) is 4.79 Å². The molecule has 0 radical (unpaired) electrons. The molecule has 0 saturated heterocycles. The molecule has 4 aliphatic rings. The number of rotatable bonds is 3. The maximum atomic E-state index is 13.2. The molecule has 1 N–H and O–H groups in total. The number of thioether (sulfide) groups is 1. The number of hydrogen-bond acceptors (Lipinski definition) is 3. The smallest absolute Gasteiger partial charge is 0.137 e. The van der Waals surface area contributed by atoms with Gasteiger partial charge < -0.3 is 5.11 Å². The summed E-state index contributed by atoms with van der Waals surface area (Å²) in [5, 5.41) is 11.0. The van der Waals surface area contributed by atoms with Crippen LogP contribution in [0.5, 0.6) is 0 Å². The second kappa shape index (κ2) is 7.67. The van der Waals surface area contributed by atoms with E-state index in [1.54, 1.807) is 0 Å². The SMILES string of the molecule is C[C@]12CC[C@H]3[C@@H](CC=C4C[C@@H](O)CC[C@@]43C)[C@@H]1CC(=O)[C@@H]2CSc1ccc(Cl)cc1. The number of fused-ring (bicyclic) bond motifs is 5. The number of aliphatic hydroxyl groups is 1. The predicted molar refractivity (Wildman–Crippen MR) is 124 cm³/mol. The minimum Gasteiger partial charge on any atom is -0.393 e. The van der Waals surface area contributed by atoms with E-state index in [0.29, 0.717) is 23.5 Å². The topological polar surface area (TPSA) is 37.3 Å². The first-order valence-corrected chi connectivity index (χ1v) is 13.0. The quantitative estimate of drug-likeness (QED) is 0.424. The molecule has 162 valence electrons. The number of aliphatic hydroxyl groups excluding tert-OH is 1. The van der Waals surface area contributed by atoms with E-state index in [1.807, 2.05) is 23.9 Å². The lowest BCUT2D eigenvalue weighted by atomic mass is 9.47. The molecule has 0 aromatic heterocycles. The lowest BCUT2D eigenvalue weighted by Crippen LogP contribution is -2.50. The van der Waals surface area contributed by atoms with Crippen molar-refractivity contribution in [1.82, 2.24) is 0 Å². The number of hydrogen-bond donors (Lipinski definition) is 1. The largest absolute Gasteiger partial charge is 0.393 e. The summed E-state index contributed by atoms with van der Waals surface area (Å²) in [5.41, 5.74) is 1.88. The Morgan fingerprint density at radius 3 is 2.63 bits per heavy atom. The number of benzene rings is 1. The van der Waals surface area contributed by atoms with E-state index >= 15 is 0 Å². The zero-order chi connectivity index (χ0) is 21.1. The lowest BCUT2D eigenvalue weighted by molar-refractivity contribution is -0.121. The molecule has 3 saturated carbocycles. The van der Waals surface area contributed by atoms with Crippen LogP contribution in [0.3, 0.4) is 0 Å². The molecule has 3 fully saturated rings. The summed E-state index contributed by atoms with van der Waals surface area (Å²) in [6.45, 7) is 4.87. The monoisotopic (exact) mass is 444 g/mol. The number of ketones is 1. The van der Waals surface area contributed by atoms with Gasteiger partial charge in [0.1, 0.15) is 5.78 Å². The van der Waals surface area contributed by atoms with Crippen molar-refractivity contribution in [2.24, 2.45) is 34.5 Å². The Balaban J connectivity index is 1.36.